The van der Waals surface area contributed by atoms with Crippen LogP contribution in [0.15, 0.2) is 53.3 Å². The second-order valence-corrected chi connectivity index (χ2v) is 4.68. The summed E-state index contributed by atoms with van der Waals surface area (Å²) < 4.78 is 5.17. The van der Waals surface area contributed by atoms with Crippen LogP contribution < -0.4 is 5.32 Å². The Morgan fingerprint density at radius 2 is 2.00 bits per heavy atom. The van der Waals surface area contributed by atoms with Crippen LogP contribution in [0.25, 0.3) is 10.9 Å². The zero-order chi connectivity index (χ0) is 13.2. The maximum absolute atomic E-state index is 5.17. The molecule has 0 aliphatic carbocycles. The van der Waals surface area contributed by atoms with E-state index in [1.165, 1.54) is 5.56 Å². The number of nitrogens with one attached hydrogen (secondary N) is 1. The third-order valence-corrected chi connectivity index (χ3v) is 3.35. The first-order valence-corrected chi connectivity index (χ1v) is 6.34. The molecule has 1 atom stereocenters. The van der Waals surface area contributed by atoms with Crippen molar-refractivity contribution in [2.75, 3.05) is 7.05 Å². The maximum atomic E-state index is 5.17. The molecule has 1 aromatic carbocycles. The lowest BCUT2D eigenvalue weighted by molar-refractivity contribution is 0.557. The van der Waals surface area contributed by atoms with Gasteiger partial charge in [0.25, 0.3) is 0 Å². The predicted molar refractivity (Wildman–Crippen MR) is 76.1 cm³/mol. The fraction of sp³-hybridized carbons (Fsp3) is 0.188. The van der Waals surface area contributed by atoms with Crippen LogP contribution >= 0.6 is 0 Å². The number of furan rings is 1. The van der Waals surface area contributed by atoms with Gasteiger partial charge in [0.15, 0.2) is 0 Å². The van der Waals surface area contributed by atoms with Crippen molar-refractivity contribution in [1.29, 1.82) is 0 Å². The van der Waals surface area contributed by atoms with Crippen LogP contribution in [0.3, 0.4) is 0 Å². The van der Waals surface area contributed by atoms with Crippen LogP contribution in [-0.4, -0.2) is 12.0 Å². The van der Waals surface area contributed by atoms with E-state index in [2.05, 4.69) is 34.6 Å². The van der Waals surface area contributed by atoms with Crippen LogP contribution in [0.4, 0.5) is 0 Å². The highest BCUT2D eigenvalue weighted by Gasteiger charge is 2.13. The molecule has 0 spiro atoms. The third-order valence-electron chi connectivity index (χ3n) is 3.35. The number of hydrogen-bond acceptors (Lipinski definition) is 3. The van der Waals surface area contributed by atoms with Gasteiger partial charge in [-0.25, -0.2) is 0 Å². The fourth-order valence-electron chi connectivity index (χ4n) is 2.39. The molecular weight excluding hydrogens is 236 g/mol. The quantitative estimate of drug-likeness (QED) is 0.776. The van der Waals surface area contributed by atoms with Gasteiger partial charge in [-0.05, 0) is 43.8 Å². The summed E-state index contributed by atoms with van der Waals surface area (Å²) in [5.74, 6) is 0. The highest BCUT2D eigenvalue weighted by Crippen LogP contribution is 2.25. The Kier molecular flexibility index (Phi) is 3.05. The highest BCUT2D eigenvalue weighted by molar-refractivity contribution is 5.79. The van der Waals surface area contributed by atoms with Gasteiger partial charge in [0.2, 0.25) is 0 Å². The van der Waals surface area contributed by atoms with Crippen LogP contribution in [0, 0.1) is 6.92 Å². The monoisotopic (exact) mass is 252 g/mol. The molecule has 0 radical (unpaired) electrons. The summed E-state index contributed by atoms with van der Waals surface area (Å²) in [6.07, 6.45) is 3.48. The van der Waals surface area contributed by atoms with Crippen molar-refractivity contribution in [2.45, 2.75) is 13.0 Å². The van der Waals surface area contributed by atoms with Crippen LogP contribution in [-0.2, 0) is 0 Å². The van der Waals surface area contributed by atoms with Gasteiger partial charge in [0.1, 0.15) is 0 Å². The molecule has 3 heteroatoms. The molecule has 2 aromatic heterocycles. The number of benzene rings is 1. The number of hydrogen-bond donors (Lipinski definition) is 1. The highest BCUT2D eigenvalue weighted by atomic mass is 16.3. The number of rotatable bonds is 3. The molecule has 0 saturated heterocycles. The van der Waals surface area contributed by atoms with Crippen LogP contribution in [0.1, 0.15) is 22.9 Å². The molecule has 3 rings (SSSR count). The van der Waals surface area contributed by atoms with Gasteiger partial charge in [0, 0.05) is 16.6 Å². The minimum Gasteiger partial charge on any atom is -0.472 e. The van der Waals surface area contributed by atoms with Gasteiger partial charge < -0.3 is 9.73 Å². The van der Waals surface area contributed by atoms with E-state index in [0.717, 1.165) is 22.2 Å². The Morgan fingerprint density at radius 3 is 2.74 bits per heavy atom. The first-order valence-electron chi connectivity index (χ1n) is 6.34. The molecule has 0 fully saturated rings. The zero-order valence-corrected chi connectivity index (χ0v) is 11.1. The second kappa shape index (κ2) is 4.86. The minimum absolute atomic E-state index is 0.143. The molecule has 1 N–H and O–H groups in total. The summed E-state index contributed by atoms with van der Waals surface area (Å²) in [4.78, 5) is 4.53. The van der Waals surface area contributed by atoms with Crippen molar-refractivity contribution in [3.8, 4) is 0 Å². The van der Waals surface area contributed by atoms with Gasteiger partial charge in [-0.2, -0.15) is 0 Å². The Hall–Kier alpha value is -2.13. The molecule has 3 aromatic rings. The SMILES string of the molecule is CNC(c1ccoc1)c1ccc2nc(C)ccc2c1. The van der Waals surface area contributed by atoms with E-state index in [9.17, 15) is 0 Å². The van der Waals surface area contributed by atoms with Gasteiger partial charge in [-0.15, -0.1) is 0 Å². The van der Waals surface area contributed by atoms with E-state index in [4.69, 9.17) is 4.42 Å². The molecule has 19 heavy (non-hydrogen) atoms. The van der Waals surface area contributed by atoms with Gasteiger partial charge in [-0.1, -0.05) is 12.1 Å². The molecule has 1 unspecified atom stereocenters. The van der Waals surface area contributed by atoms with E-state index in [1.807, 2.05) is 26.1 Å². The lowest BCUT2D eigenvalue weighted by atomic mass is 9.99. The summed E-state index contributed by atoms with van der Waals surface area (Å²) in [5.41, 5.74) is 4.41. The standard InChI is InChI=1S/C16H16N2O/c1-11-3-4-12-9-13(5-6-15(12)18-11)16(17-2)14-7-8-19-10-14/h3-10,16-17H,1-2H3. The summed E-state index contributed by atoms with van der Waals surface area (Å²) in [7, 11) is 1.95. The molecule has 0 bridgehead atoms. The smallest absolute Gasteiger partial charge is 0.0953 e. The van der Waals surface area contributed by atoms with E-state index in [1.54, 1.807) is 12.5 Å². The van der Waals surface area contributed by atoms with Crippen molar-refractivity contribution < 1.29 is 4.42 Å². The van der Waals surface area contributed by atoms with E-state index >= 15 is 0 Å². The largest absolute Gasteiger partial charge is 0.472 e. The van der Waals surface area contributed by atoms with E-state index < -0.39 is 0 Å². The zero-order valence-electron chi connectivity index (χ0n) is 11.1. The lowest BCUT2D eigenvalue weighted by Crippen LogP contribution is -2.16. The summed E-state index contributed by atoms with van der Waals surface area (Å²) in [6.45, 7) is 2.01. The Balaban J connectivity index is 2.07. The number of aromatic nitrogens is 1. The second-order valence-electron chi connectivity index (χ2n) is 4.68. The molecule has 96 valence electrons. The molecule has 0 saturated carbocycles. The molecule has 0 aliphatic rings. The number of fused-ring (bicyclic) bond motifs is 1. The van der Waals surface area contributed by atoms with Gasteiger partial charge in [-0.3, -0.25) is 4.98 Å². The Bertz CT molecular complexity index is 689. The van der Waals surface area contributed by atoms with Gasteiger partial charge >= 0.3 is 0 Å². The average Bonchev–Trinajstić information content (AvgIpc) is 2.93. The van der Waals surface area contributed by atoms with E-state index in [0.29, 0.717) is 0 Å². The number of pyridine rings is 1. The van der Waals surface area contributed by atoms with Crippen molar-refractivity contribution in [3.63, 3.8) is 0 Å². The van der Waals surface area contributed by atoms with Crippen molar-refractivity contribution in [2.24, 2.45) is 0 Å². The van der Waals surface area contributed by atoms with Crippen LogP contribution in [0.2, 0.25) is 0 Å². The minimum atomic E-state index is 0.143. The fourth-order valence-corrected chi connectivity index (χ4v) is 2.39. The first kappa shape index (κ1) is 11.9. The van der Waals surface area contributed by atoms with Crippen molar-refractivity contribution in [1.82, 2.24) is 10.3 Å². The molecule has 0 aliphatic heterocycles. The summed E-state index contributed by atoms with van der Waals surface area (Å²) in [6, 6.07) is 12.6. The Morgan fingerprint density at radius 1 is 1.11 bits per heavy atom. The van der Waals surface area contributed by atoms with Crippen LogP contribution in [0.5, 0.6) is 0 Å². The Labute approximate surface area is 112 Å². The predicted octanol–water partition coefficient (Wildman–Crippen LogP) is 3.45. The molecular formula is C16H16N2O. The van der Waals surface area contributed by atoms with Gasteiger partial charge in [0.05, 0.1) is 24.1 Å². The molecule has 2 heterocycles. The first-order chi connectivity index (χ1) is 9.28. The number of nitrogens with zero attached hydrogens (tertiary/aromatic N) is 1. The topological polar surface area (TPSA) is 38.1 Å². The van der Waals surface area contributed by atoms with E-state index in [-0.39, 0.29) is 6.04 Å². The summed E-state index contributed by atoms with van der Waals surface area (Å²) >= 11 is 0. The lowest BCUT2D eigenvalue weighted by Gasteiger charge is -2.15. The third kappa shape index (κ3) is 2.25. The summed E-state index contributed by atoms with van der Waals surface area (Å²) in [5, 5.41) is 4.48. The molecule has 3 nitrogen and oxygen atoms in total. The van der Waals surface area contributed by atoms with Crippen molar-refractivity contribution >= 4 is 10.9 Å². The van der Waals surface area contributed by atoms with Crippen molar-refractivity contribution in [3.05, 3.63) is 65.7 Å². The average molecular weight is 252 g/mol. The number of aryl methyl sites for hydroxylation is 1. The molecule has 0 amide bonds. The normalized spacial score (nSPS) is 12.7. The maximum Gasteiger partial charge on any atom is 0.0953 e.